The van der Waals surface area contributed by atoms with Gasteiger partial charge in [-0.2, -0.15) is 0 Å². The second kappa shape index (κ2) is 6.06. The van der Waals surface area contributed by atoms with Gasteiger partial charge in [0, 0.05) is 6.07 Å². The van der Waals surface area contributed by atoms with Crippen molar-refractivity contribution in [3.8, 4) is 0 Å². The van der Waals surface area contributed by atoms with Crippen molar-refractivity contribution in [1.29, 1.82) is 0 Å². The average molecular weight is 256 g/mol. The molecule has 0 aliphatic heterocycles. The van der Waals surface area contributed by atoms with Crippen LogP contribution in [0.1, 0.15) is 18.5 Å². The predicted octanol–water partition coefficient (Wildman–Crippen LogP) is 1.50. The van der Waals surface area contributed by atoms with Crippen molar-refractivity contribution in [1.82, 2.24) is 0 Å². The Morgan fingerprint density at radius 2 is 2.17 bits per heavy atom. The minimum absolute atomic E-state index is 0.0167. The summed E-state index contributed by atoms with van der Waals surface area (Å²) >= 11 is 0. The zero-order chi connectivity index (χ0) is 13.7. The molecular weight excluding hydrogens is 243 g/mol. The quantitative estimate of drug-likeness (QED) is 0.489. The summed E-state index contributed by atoms with van der Waals surface area (Å²) in [6.45, 7) is 1.55. The van der Waals surface area contributed by atoms with E-state index in [-0.39, 0.29) is 17.9 Å². The molecule has 0 fully saturated rings. The number of nitrogens with zero attached hydrogens (tertiary/aromatic N) is 1. The molecule has 0 saturated carbocycles. The van der Waals surface area contributed by atoms with Gasteiger partial charge in [0.15, 0.2) is 0 Å². The summed E-state index contributed by atoms with van der Waals surface area (Å²) in [7, 11) is 0. The van der Waals surface area contributed by atoms with Gasteiger partial charge in [-0.25, -0.2) is 9.18 Å². The number of halogens is 1. The molecule has 1 aromatic carbocycles. The van der Waals surface area contributed by atoms with Crippen LogP contribution < -0.4 is 5.73 Å². The van der Waals surface area contributed by atoms with Crippen LogP contribution >= 0.6 is 0 Å². The number of nitro benzene ring substituents is 1. The topological polar surface area (TPSA) is 95.5 Å². The Labute approximate surface area is 103 Å². The van der Waals surface area contributed by atoms with Crippen molar-refractivity contribution in [2.75, 3.05) is 6.61 Å². The molecule has 0 amide bonds. The fourth-order valence-electron chi connectivity index (χ4n) is 1.46. The van der Waals surface area contributed by atoms with E-state index in [1.54, 1.807) is 0 Å². The van der Waals surface area contributed by atoms with Crippen LogP contribution in [0.5, 0.6) is 0 Å². The number of carbonyl (C=O) groups is 1. The first-order valence-electron chi connectivity index (χ1n) is 5.28. The molecule has 0 aliphatic carbocycles. The fraction of sp³-hybridized carbons (Fsp3) is 0.364. The Bertz CT molecular complexity index is 452. The van der Waals surface area contributed by atoms with E-state index in [4.69, 9.17) is 5.73 Å². The Morgan fingerprint density at radius 1 is 1.56 bits per heavy atom. The number of ether oxygens (including phenoxy) is 1. The standard InChI is InChI=1S/C11H13FN2O4/c1-2-18-11(15)9(12)10(13)7-5-3-4-6-8(7)14(16)17/h3-6,9-10H,2,13H2,1H3/t9?,10-/m1/s1. The van der Waals surface area contributed by atoms with Gasteiger partial charge in [-0.05, 0) is 6.92 Å². The van der Waals surface area contributed by atoms with Crippen LogP contribution in [0, 0.1) is 10.1 Å². The smallest absolute Gasteiger partial charge is 0.342 e. The van der Waals surface area contributed by atoms with E-state index >= 15 is 0 Å². The fourth-order valence-corrected chi connectivity index (χ4v) is 1.46. The van der Waals surface area contributed by atoms with Crippen molar-refractivity contribution < 1.29 is 18.8 Å². The lowest BCUT2D eigenvalue weighted by Gasteiger charge is -2.15. The first-order valence-corrected chi connectivity index (χ1v) is 5.28. The summed E-state index contributed by atoms with van der Waals surface area (Å²) in [4.78, 5) is 21.3. The summed E-state index contributed by atoms with van der Waals surface area (Å²) in [6, 6.07) is 4.01. The van der Waals surface area contributed by atoms with E-state index in [2.05, 4.69) is 4.74 Å². The lowest BCUT2D eigenvalue weighted by molar-refractivity contribution is -0.385. The number of esters is 1. The van der Waals surface area contributed by atoms with Gasteiger partial charge in [-0.1, -0.05) is 18.2 Å². The largest absolute Gasteiger partial charge is 0.464 e. The van der Waals surface area contributed by atoms with E-state index < -0.39 is 23.1 Å². The van der Waals surface area contributed by atoms with Gasteiger partial charge in [-0.15, -0.1) is 0 Å². The van der Waals surface area contributed by atoms with Crippen LogP contribution in [0.15, 0.2) is 24.3 Å². The van der Waals surface area contributed by atoms with Crippen LogP contribution in [0.4, 0.5) is 10.1 Å². The molecule has 6 nitrogen and oxygen atoms in total. The molecule has 7 heteroatoms. The summed E-state index contributed by atoms with van der Waals surface area (Å²) in [5, 5.41) is 10.8. The number of para-hydroxylation sites is 1. The van der Waals surface area contributed by atoms with Crippen molar-refractivity contribution in [3.05, 3.63) is 39.9 Å². The molecule has 2 N–H and O–H groups in total. The Kier molecular flexibility index (Phi) is 4.73. The molecule has 0 spiro atoms. The second-order valence-corrected chi connectivity index (χ2v) is 3.50. The minimum Gasteiger partial charge on any atom is -0.464 e. The highest BCUT2D eigenvalue weighted by Crippen LogP contribution is 2.27. The molecule has 0 heterocycles. The molecule has 0 aliphatic rings. The molecule has 2 atom stereocenters. The highest BCUT2D eigenvalue weighted by Gasteiger charge is 2.31. The second-order valence-electron chi connectivity index (χ2n) is 3.50. The Balaban J connectivity index is 2.99. The van der Waals surface area contributed by atoms with Crippen LogP contribution in [0.25, 0.3) is 0 Å². The van der Waals surface area contributed by atoms with Crippen molar-refractivity contribution >= 4 is 11.7 Å². The van der Waals surface area contributed by atoms with Crippen molar-refractivity contribution in [2.24, 2.45) is 5.73 Å². The lowest BCUT2D eigenvalue weighted by atomic mass is 10.0. The van der Waals surface area contributed by atoms with Crippen molar-refractivity contribution in [2.45, 2.75) is 19.1 Å². The van der Waals surface area contributed by atoms with Gasteiger partial charge in [0.2, 0.25) is 6.17 Å². The number of nitro groups is 1. The van der Waals surface area contributed by atoms with Gasteiger partial charge >= 0.3 is 5.97 Å². The zero-order valence-electron chi connectivity index (χ0n) is 9.71. The summed E-state index contributed by atoms with van der Waals surface area (Å²) < 4.78 is 18.2. The van der Waals surface area contributed by atoms with Crippen LogP contribution in [-0.2, 0) is 9.53 Å². The Morgan fingerprint density at radius 3 is 2.72 bits per heavy atom. The van der Waals surface area contributed by atoms with Crippen LogP contribution in [0.3, 0.4) is 0 Å². The summed E-state index contributed by atoms with van der Waals surface area (Å²) in [5.41, 5.74) is 5.17. The number of benzene rings is 1. The number of hydrogen-bond donors (Lipinski definition) is 1. The van der Waals surface area contributed by atoms with E-state index in [1.165, 1.54) is 31.2 Å². The third kappa shape index (κ3) is 3.01. The van der Waals surface area contributed by atoms with E-state index in [0.29, 0.717) is 0 Å². The van der Waals surface area contributed by atoms with Gasteiger partial charge in [0.1, 0.15) is 0 Å². The zero-order valence-corrected chi connectivity index (χ0v) is 9.71. The number of nitrogens with two attached hydrogens (primary N) is 1. The van der Waals surface area contributed by atoms with E-state index in [9.17, 15) is 19.3 Å². The summed E-state index contributed by atoms with van der Waals surface area (Å²) in [6.07, 6.45) is -2.13. The Hall–Kier alpha value is -2.02. The number of hydrogen-bond acceptors (Lipinski definition) is 5. The molecule has 0 aromatic heterocycles. The molecule has 1 rings (SSSR count). The number of carbonyl (C=O) groups excluding carboxylic acids is 1. The maximum Gasteiger partial charge on any atom is 0.342 e. The van der Waals surface area contributed by atoms with E-state index in [1.807, 2.05) is 0 Å². The first-order chi connectivity index (χ1) is 8.49. The first kappa shape index (κ1) is 14.0. The summed E-state index contributed by atoms with van der Waals surface area (Å²) in [5.74, 6) is -1.12. The van der Waals surface area contributed by atoms with Gasteiger partial charge in [-0.3, -0.25) is 10.1 Å². The molecular formula is C11H13FN2O4. The monoisotopic (exact) mass is 256 g/mol. The third-order valence-corrected chi connectivity index (χ3v) is 2.32. The molecule has 98 valence electrons. The molecule has 0 radical (unpaired) electrons. The predicted molar refractivity (Wildman–Crippen MR) is 61.6 cm³/mol. The average Bonchev–Trinajstić information content (AvgIpc) is 2.37. The normalized spacial score (nSPS) is 13.7. The molecule has 0 saturated heterocycles. The van der Waals surface area contributed by atoms with Crippen molar-refractivity contribution in [3.63, 3.8) is 0 Å². The highest BCUT2D eigenvalue weighted by atomic mass is 19.1. The van der Waals surface area contributed by atoms with Gasteiger partial charge in [0.05, 0.1) is 23.1 Å². The maximum absolute atomic E-state index is 13.7. The van der Waals surface area contributed by atoms with Crippen LogP contribution in [-0.4, -0.2) is 23.7 Å². The SMILES string of the molecule is CCOC(=O)C(F)[C@H](N)c1ccccc1[N+](=O)[O-]. The highest BCUT2D eigenvalue weighted by molar-refractivity contribution is 5.76. The molecule has 1 aromatic rings. The molecule has 18 heavy (non-hydrogen) atoms. The lowest BCUT2D eigenvalue weighted by Crippen LogP contribution is -2.32. The van der Waals surface area contributed by atoms with Crippen LogP contribution in [0.2, 0.25) is 0 Å². The van der Waals surface area contributed by atoms with Gasteiger partial charge < -0.3 is 10.5 Å². The third-order valence-electron chi connectivity index (χ3n) is 2.32. The molecule has 1 unspecified atom stereocenters. The van der Waals surface area contributed by atoms with E-state index in [0.717, 1.165) is 0 Å². The maximum atomic E-state index is 13.7. The van der Waals surface area contributed by atoms with Gasteiger partial charge in [0.25, 0.3) is 5.69 Å². The number of rotatable bonds is 5. The minimum atomic E-state index is -2.13. The molecule has 0 bridgehead atoms. The number of alkyl halides is 1.